The fourth-order valence-corrected chi connectivity index (χ4v) is 4.81. The Morgan fingerprint density at radius 2 is 2.30 bits per heavy atom. The second-order valence-electron chi connectivity index (χ2n) is 5.15. The molecule has 1 aromatic carbocycles. The number of ether oxygens (including phenoxy) is 1. The van der Waals surface area contributed by atoms with Crippen molar-refractivity contribution in [2.24, 2.45) is 0 Å². The Kier molecular flexibility index (Phi) is 4.08. The molecule has 1 saturated carbocycles. The number of aromatic amines is 1. The van der Waals surface area contributed by atoms with E-state index in [1.165, 1.54) is 30.5 Å². The van der Waals surface area contributed by atoms with Crippen LogP contribution in [0.4, 0.5) is 0 Å². The molecule has 2 unspecified atom stereocenters. The number of aromatic nitrogens is 2. The lowest BCUT2D eigenvalue weighted by molar-refractivity contribution is 0.419. The molecular weight excluding hydrogens is 288 g/mol. The maximum Gasteiger partial charge on any atom is 0.178 e. The van der Waals surface area contributed by atoms with Crippen molar-refractivity contribution in [1.29, 1.82) is 0 Å². The second-order valence-corrected chi connectivity index (χ2v) is 7.05. The van der Waals surface area contributed by atoms with E-state index >= 15 is 0 Å². The van der Waals surface area contributed by atoms with E-state index in [-0.39, 0.29) is 0 Å². The van der Waals surface area contributed by atoms with Crippen molar-refractivity contribution in [1.82, 2.24) is 9.55 Å². The van der Waals surface area contributed by atoms with Gasteiger partial charge in [-0.05, 0) is 42.9 Å². The van der Waals surface area contributed by atoms with E-state index in [2.05, 4.69) is 34.3 Å². The van der Waals surface area contributed by atoms with Gasteiger partial charge in [0.15, 0.2) is 4.77 Å². The first kappa shape index (κ1) is 14.0. The summed E-state index contributed by atoms with van der Waals surface area (Å²) in [6.07, 6.45) is 3.80. The van der Waals surface area contributed by atoms with Crippen LogP contribution in [0.25, 0.3) is 11.0 Å². The number of nitrogens with one attached hydrogen (secondary N) is 1. The van der Waals surface area contributed by atoms with Crippen LogP contribution in [0.3, 0.4) is 0 Å². The molecule has 1 fully saturated rings. The minimum absolute atomic E-state index is 0.508. The predicted octanol–water partition coefficient (Wildman–Crippen LogP) is 4.55. The maximum atomic E-state index is 5.58. The number of fused-ring (bicyclic) bond motifs is 1. The van der Waals surface area contributed by atoms with Gasteiger partial charge in [-0.3, -0.25) is 0 Å². The van der Waals surface area contributed by atoms with E-state index in [0.717, 1.165) is 16.0 Å². The average molecular weight is 308 g/mol. The molecule has 0 bridgehead atoms. The molecule has 0 spiro atoms. The van der Waals surface area contributed by atoms with Gasteiger partial charge in [-0.2, -0.15) is 11.8 Å². The second kappa shape index (κ2) is 5.82. The normalized spacial score (nSPS) is 22.5. The Balaban J connectivity index is 2.12. The van der Waals surface area contributed by atoms with Gasteiger partial charge in [0.2, 0.25) is 0 Å². The van der Waals surface area contributed by atoms with Crippen molar-refractivity contribution < 1.29 is 4.74 Å². The first-order valence-corrected chi connectivity index (χ1v) is 8.60. The molecule has 3 rings (SSSR count). The molecule has 1 heterocycles. The van der Waals surface area contributed by atoms with Crippen LogP contribution in [0, 0.1) is 4.77 Å². The molecule has 0 aliphatic heterocycles. The highest BCUT2D eigenvalue weighted by atomic mass is 32.2. The number of nitrogens with zero attached hydrogens (tertiary/aromatic N) is 1. The Labute approximate surface area is 128 Å². The number of para-hydroxylation sites is 1. The SMILES string of the molecule is CCSC1CCCC1n1c(=S)[nH]c2c(OC)cccc21. The Hall–Kier alpha value is -0.940. The minimum atomic E-state index is 0.508. The van der Waals surface area contributed by atoms with Gasteiger partial charge < -0.3 is 14.3 Å². The van der Waals surface area contributed by atoms with Crippen molar-refractivity contribution in [3.63, 3.8) is 0 Å². The Bertz CT molecular complexity index is 661. The van der Waals surface area contributed by atoms with E-state index in [4.69, 9.17) is 17.0 Å². The molecule has 3 nitrogen and oxygen atoms in total. The summed E-state index contributed by atoms with van der Waals surface area (Å²) in [6, 6.07) is 6.66. The third kappa shape index (κ3) is 2.27. The summed E-state index contributed by atoms with van der Waals surface area (Å²) in [5, 5.41) is 0.678. The number of imidazole rings is 1. The standard InChI is InChI=1S/C15H20N2OS2/c1-3-20-13-9-5-6-10(13)17-11-7-4-8-12(18-2)14(11)16-15(17)19/h4,7-8,10,13H,3,5-6,9H2,1-2H3,(H,16,19). The summed E-state index contributed by atoms with van der Waals surface area (Å²) in [5.74, 6) is 2.03. The monoisotopic (exact) mass is 308 g/mol. The van der Waals surface area contributed by atoms with Crippen LogP contribution in [0.1, 0.15) is 32.2 Å². The average Bonchev–Trinajstić information content (AvgIpc) is 3.01. The molecule has 2 atom stereocenters. The number of hydrogen-bond donors (Lipinski definition) is 1. The van der Waals surface area contributed by atoms with E-state index in [1.807, 2.05) is 12.1 Å². The summed E-state index contributed by atoms with van der Waals surface area (Å²) in [6.45, 7) is 2.23. The quantitative estimate of drug-likeness (QED) is 0.840. The molecule has 108 valence electrons. The van der Waals surface area contributed by atoms with Crippen LogP contribution in [0.15, 0.2) is 18.2 Å². The van der Waals surface area contributed by atoms with Gasteiger partial charge >= 0.3 is 0 Å². The fraction of sp³-hybridized carbons (Fsp3) is 0.533. The fourth-order valence-electron chi connectivity index (χ4n) is 3.23. The van der Waals surface area contributed by atoms with Crippen LogP contribution in [0.5, 0.6) is 5.75 Å². The Morgan fingerprint density at radius 1 is 1.45 bits per heavy atom. The lowest BCUT2D eigenvalue weighted by Gasteiger charge is -2.21. The van der Waals surface area contributed by atoms with E-state index < -0.39 is 0 Å². The number of benzene rings is 1. The number of thioether (sulfide) groups is 1. The number of H-pyrrole nitrogens is 1. The molecule has 20 heavy (non-hydrogen) atoms. The first-order chi connectivity index (χ1) is 9.76. The predicted molar refractivity (Wildman–Crippen MR) is 88.5 cm³/mol. The van der Waals surface area contributed by atoms with E-state index in [0.29, 0.717) is 11.3 Å². The maximum absolute atomic E-state index is 5.58. The smallest absolute Gasteiger partial charge is 0.178 e. The highest BCUT2D eigenvalue weighted by molar-refractivity contribution is 7.99. The summed E-state index contributed by atoms with van der Waals surface area (Å²) in [4.78, 5) is 3.33. The zero-order valence-corrected chi connectivity index (χ0v) is 13.5. The number of hydrogen-bond acceptors (Lipinski definition) is 3. The highest BCUT2D eigenvalue weighted by Crippen LogP contribution is 2.40. The molecule has 1 N–H and O–H groups in total. The molecule has 1 aliphatic rings. The van der Waals surface area contributed by atoms with Gasteiger partial charge in [0.25, 0.3) is 0 Å². The largest absolute Gasteiger partial charge is 0.494 e. The van der Waals surface area contributed by atoms with Gasteiger partial charge in [-0.15, -0.1) is 0 Å². The first-order valence-electron chi connectivity index (χ1n) is 7.15. The topological polar surface area (TPSA) is 29.9 Å². The molecular formula is C15H20N2OS2. The molecule has 0 saturated heterocycles. The number of methoxy groups -OCH3 is 1. The summed E-state index contributed by atoms with van der Waals surface area (Å²) in [5.41, 5.74) is 2.19. The molecule has 1 aliphatic carbocycles. The van der Waals surface area contributed by atoms with Gasteiger partial charge in [0, 0.05) is 11.3 Å². The zero-order chi connectivity index (χ0) is 14.1. The van der Waals surface area contributed by atoms with Crippen molar-refractivity contribution in [3.8, 4) is 5.75 Å². The van der Waals surface area contributed by atoms with Crippen LogP contribution in [-0.4, -0.2) is 27.7 Å². The summed E-state index contributed by atoms with van der Waals surface area (Å²) >= 11 is 7.64. The van der Waals surface area contributed by atoms with Crippen molar-refractivity contribution in [2.45, 2.75) is 37.5 Å². The summed E-state index contributed by atoms with van der Waals surface area (Å²) < 4.78 is 8.57. The molecule has 5 heteroatoms. The molecule has 1 aromatic heterocycles. The summed E-state index contributed by atoms with van der Waals surface area (Å²) in [7, 11) is 1.70. The zero-order valence-electron chi connectivity index (χ0n) is 11.9. The van der Waals surface area contributed by atoms with Crippen molar-refractivity contribution in [2.75, 3.05) is 12.9 Å². The highest BCUT2D eigenvalue weighted by Gasteiger charge is 2.30. The Morgan fingerprint density at radius 3 is 3.05 bits per heavy atom. The van der Waals surface area contributed by atoms with Gasteiger partial charge in [0.05, 0.1) is 12.6 Å². The molecule has 0 radical (unpaired) electrons. The molecule has 2 aromatic rings. The third-order valence-corrected chi connectivity index (χ3v) is 5.67. The van der Waals surface area contributed by atoms with Crippen molar-refractivity contribution in [3.05, 3.63) is 23.0 Å². The van der Waals surface area contributed by atoms with Gasteiger partial charge in [-0.1, -0.05) is 19.4 Å². The van der Waals surface area contributed by atoms with E-state index in [9.17, 15) is 0 Å². The van der Waals surface area contributed by atoms with Gasteiger partial charge in [0.1, 0.15) is 11.3 Å². The van der Waals surface area contributed by atoms with Gasteiger partial charge in [-0.25, -0.2) is 0 Å². The lowest BCUT2D eigenvalue weighted by atomic mass is 10.2. The van der Waals surface area contributed by atoms with E-state index in [1.54, 1.807) is 7.11 Å². The number of rotatable bonds is 4. The molecule has 0 amide bonds. The van der Waals surface area contributed by atoms with Crippen LogP contribution in [0.2, 0.25) is 0 Å². The van der Waals surface area contributed by atoms with Crippen LogP contribution < -0.4 is 4.74 Å². The minimum Gasteiger partial charge on any atom is -0.494 e. The van der Waals surface area contributed by atoms with Crippen LogP contribution in [-0.2, 0) is 0 Å². The van der Waals surface area contributed by atoms with Crippen LogP contribution >= 0.6 is 24.0 Å². The van der Waals surface area contributed by atoms with Crippen molar-refractivity contribution >= 4 is 35.0 Å². The lowest BCUT2D eigenvalue weighted by Crippen LogP contribution is -2.16. The third-order valence-electron chi connectivity index (χ3n) is 4.06.